The average molecular weight is 277 g/mol. The molecule has 2 aromatic rings. The number of aromatic nitrogens is 1. The first-order chi connectivity index (χ1) is 9.49. The number of anilines is 1. The predicted molar refractivity (Wildman–Crippen MR) is 70.9 cm³/mol. The third kappa shape index (κ3) is 2.90. The molecule has 0 radical (unpaired) electrons. The predicted octanol–water partition coefficient (Wildman–Crippen LogP) is 2.43. The zero-order valence-corrected chi connectivity index (χ0v) is 10.7. The van der Waals surface area contributed by atoms with Crippen LogP contribution in [0.5, 0.6) is 0 Å². The fourth-order valence-electron chi connectivity index (χ4n) is 1.77. The molecule has 0 spiro atoms. The van der Waals surface area contributed by atoms with E-state index in [2.05, 4.69) is 10.3 Å². The first-order valence-electron chi connectivity index (χ1n) is 5.95. The van der Waals surface area contributed by atoms with Crippen LogP contribution in [0.3, 0.4) is 0 Å². The van der Waals surface area contributed by atoms with Gasteiger partial charge in [0.25, 0.3) is 5.91 Å². The summed E-state index contributed by atoms with van der Waals surface area (Å²) < 4.78 is 26.8. The van der Waals surface area contributed by atoms with Gasteiger partial charge in [0.1, 0.15) is 5.82 Å². The van der Waals surface area contributed by atoms with E-state index >= 15 is 0 Å². The third-order valence-corrected chi connectivity index (χ3v) is 2.86. The van der Waals surface area contributed by atoms with Crippen LogP contribution < -0.4 is 11.1 Å². The molecule has 0 saturated heterocycles. The highest BCUT2D eigenvalue weighted by Gasteiger charge is 2.17. The minimum atomic E-state index is -0.864. The van der Waals surface area contributed by atoms with Gasteiger partial charge in [0, 0.05) is 6.20 Å². The van der Waals surface area contributed by atoms with Crippen molar-refractivity contribution in [2.24, 2.45) is 0 Å². The molecule has 0 saturated carbocycles. The van der Waals surface area contributed by atoms with E-state index in [1.165, 1.54) is 24.4 Å². The molecule has 1 amide bonds. The van der Waals surface area contributed by atoms with E-state index in [0.717, 1.165) is 0 Å². The van der Waals surface area contributed by atoms with Crippen molar-refractivity contribution in [3.63, 3.8) is 0 Å². The lowest BCUT2D eigenvalue weighted by Crippen LogP contribution is -2.27. The number of halogens is 2. The topological polar surface area (TPSA) is 68.0 Å². The number of pyridine rings is 1. The number of carbonyl (C=O) groups excluding carboxylic acids is 1. The van der Waals surface area contributed by atoms with Gasteiger partial charge in [0.15, 0.2) is 11.6 Å². The summed E-state index contributed by atoms with van der Waals surface area (Å²) in [7, 11) is 0. The highest BCUT2D eigenvalue weighted by molar-refractivity contribution is 5.95. The quantitative estimate of drug-likeness (QED) is 0.905. The maximum atomic E-state index is 13.7. The van der Waals surface area contributed by atoms with Crippen molar-refractivity contribution in [3.05, 3.63) is 59.3 Å². The molecule has 1 aromatic heterocycles. The number of amides is 1. The molecule has 2 rings (SSSR count). The van der Waals surface area contributed by atoms with Crippen LogP contribution in [-0.2, 0) is 0 Å². The van der Waals surface area contributed by atoms with Crippen molar-refractivity contribution in [2.45, 2.75) is 13.0 Å². The fraction of sp³-hybridized carbons (Fsp3) is 0.143. The Balaban J connectivity index is 2.17. The zero-order chi connectivity index (χ0) is 14.7. The van der Waals surface area contributed by atoms with Crippen molar-refractivity contribution in [1.82, 2.24) is 10.3 Å². The minimum Gasteiger partial charge on any atom is -0.381 e. The largest absolute Gasteiger partial charge is 0.381 e. The molecule has 0 fully saturated rings. The average Bonchev–Trinajstić information content (AvgIpc) is 2.41. The van der Waals surface area contributed by atoms with E-state index in [1.54, 1.807) is 19.1 Å². The van der Waals surface area contributed by atoms with Crippen LogP contribution in [0.15, 0.2) is 36.5 Å². The molecule has 0 aliphatic rings. The Bertz CT molecular complexity index is 646. The van der Waals surface area contributed by atoms with E-state index in [1.807, 2.05) is 0 Å². The van der Waals surface area contributed by atoms with E-state index in [0.29, 0.717) is 5.56 Å². The van der Waals surface area contributed by atoms with E-state index in [-0.39, 0.29) is 11.4 Å². The number of nitrogens with two attached hydrogens (primary N) is 1. The SMILES string of the molecule is CC(NC(=O)c1ccnc(N)c1F)c1cccc(F)c1. The molecule has 0 bridgehead atoms. The molecule has 20 heavy (non-hydrogen) atoms. The molecular weight excluding hydrogens is 264 g/mol. The first kappa shape index (κ1) is 13.9. The fourth-order valence-corrected chi connectivity index (χ4v) is 1.77. The van der Waals surface area contributed by atoms with E-state index in [9.17, 15) is 13.6 Å². The Hall–Kier alpha value is -2.50. The lowest BCUT2D eigenvalue weighted by Gasteiger charge is -2.15. The molecule has 1 atom stereocenters. The van der Waals surface area contributed by atoms with Gasteiger partial charge in [-0.1, -0.05) is 12.1 Å². The molecule has 1 aromatic carbocycles. The highest BCUT2D eigenvalue weighted by atomic mass is 19.1. The monoisotopic (exact) mass is 277 g/mol. The summed E-state index contributed by atoms with van der Waals surface area (Å²) in [5, 5.41) is 2.58. The van der Waals surface area contributed by atoms with Crippen LogP contribution in [0.25, 0.3) is 0 Å². The Morgan fingerprint density at radius 1 is 1.35 bits per heavy atom. The third-order valence-electron chi connectivity index (χ3n) is 2.86. The van der Waals surface area contributed by atoms with Gasteiger partial charge >= 0.3 is 0 Å². The van der Waals surface area contributed by atoms with Gasteiger partial charge in [-0.3, -0.25) is 4.79 Å². The van der Waals surface area contributed by atoms with Gasteiger partial charge in [0.05, 0.1) is 11.6 Å². The zero-order valence-electron chi connectivity index (χ0n) is 10.7. The molecule has 1 heterocycles. The van der Waals surface area contributed by atoms with Crippen LogP contribution in [0.4, 0.5) is 14.6 Å². The summed E-state index contributed by atoms with van der Waals surface area (Å²) in [6, 6.07) is 6.60. The Labute approximate surface area is 114 Å². The number of carbonyl (C=O) groups is 1. The van der Waals surface area contributed by atoms with E-state index in [4.69, 9.17) is 5.73 Å². The Morgan fingerprint density at radius 3 is 2.80 bits per heavy atom. The van der Waals surface area contributed by atoms with Gasteiger partial charge in [-0.2, -0.15) is 0 Å². The Kier molecular flexibility index (Phi) is 3.93. The van der Waals surface area contributed by atoms with Crippen molar-refractivity contribution in [1.29, 1.82) is 0 Å². The standard InChI is InChI=1S/C14H13F2N3O/c1-8(9-3-2-4-10(15)7-9)19-14(20)11-5-6-18-13(17)12(11)16/h2-8H,1H3,(H2,17,18)(H,19,20). The van der Waals surface area contributed by atoms with Gasteiger partial charge in [-0.05, 0) is 30.7 Å². The van der Waals surface area contributed by atoms with E-state index < -0.39 is 23.6 Å². The van der Waals surface area contributed by atoms with Crippen LogP contribution in [0, 0.1) is 11.6 Å². The van der Waals surface area contributed by atoms with Crippen molar-refractivity contribution < 1.29 is 13.6 Å². The van der Waals surface area contributed by atoms with Gasteiger partial charge in [0.2, 0.25) is 0 Å². The second-order valence-electron chi connectivity index (χ2n) is 4.31. The summed E-state index contributed by atoms with van der Waals surface area (Å²) in [6.07, 6.45) is 1.25. The number of hydrogen-bond donors (Lipinski definition) is 2. The van der Waals surface area contributed by atoms with Crippen LogP contribution in [0.2, 0.25) is 0 Å². The number of nitrogens with one attached hydrogen (secondary N) is 1. The molecule has 4 nitrogen and oxygen atoms in total. The Morgan fingerprint density at radius 2 is 2.10 bits per heavy atom. The molecular formula is C14H13F2N3O. The van der Waals surface area contributed by atoms with Gasteiger partial charge in [-0.15, -0.1) is 0 Å². The molecule has 0 aliphatic carbocycles. The first-order valence-corrected chi connectivity index (χ1v) is 5.95. The van der Waals surface area contributed by atoms with Crippen LogP contribution in [0.1, 0.15) is 28.9 Å². The number of rotatable bonds is 3. The summed E-state index contributed by atoms with van der Waals surface area (Å²) in [4.78, 5) is 15.5. The summed E-state index contributed by atoms with van der Waals surface area (Å²) >= 11 is 0. The summed E-state index contributed by atoms with van der Waals surface area (Å²) in [6.45, 7) is 1.68. The lowest BCUT2D eigenvalue weighted by molar-refractivity contribution is 0.0935. The molecule has 0 aliphatic heterocycles. The molecule has 1 unspecified atom stereocenters. The van der Waals surface area contributed by atoms with Gasteiger partial charge in [-0.25, -0.2) is 13.8 Å². The molecule has 6 heteroatoms. The number of nitrogens with zero attached hydrogens (tertiary/aromatic N) is 1. The van der Waals surface area contributed by atoms with Crippen LogP contribution >= 0.6 is 0 Å². The lowest BCUT2D eigenvalue weighted by atomic mass is 10.1. The molecule has 104 valence electrons. The summed E-state index contributed by atoms with van der Waals surface area (Å²) in [5.74, 6) is -2.23. The number of benzene rings is 1. The van der Waals surface area contributed by atoms with Gasteiger partial charge < -0.3 is 11.1 Å². The normalized spacial score (nSPS) is 11.9. The summed E-state index contributed by atoms with van der Waals surface area (Å²) in [5.41, 5.74) is 5.69. The maximum Gasteiger partial charge on any atom is 0.254 e. The smallest absolute Gasteiger partial charge is 0.254 e. The second kappa shape index (κ2) is 5.64. The maximum absolute atomic E-state index is 13.7. The van der Waals surface area contributed by atoms with Crippen molar-refractivity contribution in [2.75, 3.05) is 5.73 Å². The van der Waals surface area contributed by atoms with Crippen LogP contribution in [-0.4, -0.2) is 10.9 Å². The van der Waals surface area contributed by atoms with Crippen molar-refractivity contribution >= 4 is 11.7 Å². The highest BCUT2D eigenvalue weighted by Crippen LogP contribution is 2.16. The number of nitrogen functional groups attached to an aromatic ring is 1. The minimum absolute atomic E-state index is 0.194. The number of hydrogen-bond acceptors (Lipinski definition) is 3. The second-order valence-corrected chi connectivity index (χ2v) is 4.31. The molecule has 3 N–H and O–H groups in total. The van der Waals surface area contributed by atoms with Crippen molar-refractivity contribution in [3.8, 4) is 0 Å².